The van der Waals surface area contributed by atoms with Crippen LogP contribution in [0.2, 0.25) is 0 Å². The summed E-state index contributed by atoms with van der Waals surface area (Å²) in [4.78, 5) is 48.0. The molecule has 1 heterocycles. The lowest BCUT2D eigenvalue weighted by molar-refractivity contribution is -0.140. The lowest BCUT2D eigenvalue weighted by Crippen LogP contribution is -2.36. The molecule has 1 aliphatic carbocycles. The average Bonchev–Trinajstić information content (AvgIpc) is 3.27. The molecule has 2 fully saturated rings. The molecule has 1 saturated heterocycles. The van der Waals surface area contributed by atoms with E-state index in [1.54, 1.807) is 0 Å². The number of hydrogen-bond acceptors (Lipinski definition) is 6. The summed E-state index contributed by atoms with van der Waals surface area (Å²) in [6.45, 7) is 1.51. The Bertz CT molecular complexity index is 560. The van der Waals surface area contributed by atoms with Crippen LogP contribution in [0.1, 0.15) is 44.9 Å². The summed E-state index contributed by atoms with van der Waals surface area (Å²) in [5.41, 5.74) is 0. The van der Waals surface area contributed by atoms with Crippen LogP contribution in [-0.4, -0.2) is 73.2 Å². The Morgan fingerprint density at radius 1 is 1.04 bits per heavy atom. The maximum Gasteiger partial charge on any atom is 0.305 e. The number of carbonyl (C=O) groups excluding carboxylic acids is 3. The lowest BCUT2D eigenvalue weighted by atomic mass is 9.89. The van der Waals surface area contributed by atoms with E-state index in [2.05, 4.69) is 5.32 Å². The predicted molar refractivity (Wildman–Crippen MR) is 98.3 cm³/mol. The fraction of sp³-hybridized carbons (Fsp3) is 0.789. The molecule has 0 bridgehead atoms. The van der Waals surface area contributed by atoms with Gasteiger partial charge < -0.3 is 19.9 Å². The number of nitrogens with zero attached hydrogens (tertiary/aromatic N) is 1. The van der Waals surface area contributed by atoms with Crippen LogP contribution >= 0.6 is 0 Å². The predicted octanol–water partition coefficient (Wildman–Crippen LogP) is 0.566. The van der Waals surface area contributed by atoms with E-state index in [1.807, 2.05) is 0 Å². The van der Waals surface area contributed by atoms with Gasteiger partial charge in [0.25, 0.3) is 0 Å². The van der Waals surface area contributed by atoms with E-state index >= 15 is 0 Å². The zero-order chi connectivity index (χ0) is 20.4. The minimum Gasteiger partial charge on any atom is -0.481 e. The average molecular weight is 398 g/mol. The molecule has 2 N–H and O–H groups in total. The normalized spacial score (nSPS) is 20.1. The summed E-state index contributed by atoms with van der Waals surface area (Å²) >= 11 is 0. The highest BCUT2D eigenvalue weighted by atomic mass is 16.5. The number of imide groups is 1. The van der Waals surface area contributed by atoms with Crippen LogP contribution in [0.4, 0.5) is 0 Å². The van der Waals surface area contributed by atoms with E-state index in [0.29, 0.717) is 32.3 Å². The van der Waals surface area contributed by atoms with Gasteiger partial charge in [0.05, 0.1) is 38.8 Å². The minimum absolute atomic E-state index is 0.0422. The van der Waals surface area contributed by atoms with Crippen LogP contribution < -0.4 is 5.32 Å². The van der Waals surface area contributed by atoms with E-state index in [1.165, 1.54) is 4.90 Å². The van der Waals surface area contributed by atoms with E-state index in [-0.39, 0.29) is 56.1 Å². The molecule has 3 amide bonds. The Balaban J connectivity index is 1.52. The van der Waals surface area contributed by atoms with E-state index in [9.17, 15) is 19.2 Å². The molecule has 1 unspecified atom stereocenters. The number of likely N-dealkylation sites (tertiary alicyclic amines) is 1. The second kappa shape index (κ2) is 11.8. The molecular formula is C19H30N2O7. The molecule has 9 nitrogen and oxygen atoms in total. The zero-order valence-corrected chi connectivity index (χ0v) is 16.2. The van der Waals surface area contributed by atoms with E-state index in [0.717, 1.165) is 25.7 Å². The molecule has 0 aromatic heterocycles. The number of hydrogen-bond donors (Lipinski definition) is 2. The monoisotopic (exact) mass is 398 g/mol. The third kappa shape index (κ3) is 7.20. The van der Waals surface area contributed by atoms with Crippen molar-refractivity contribution in [2.75, 3.05) is 39.5 Å². The highest BCUT2D eigenvalue weighted by Gasteiger charge is 2.43. The van der Waals surface area contributed by atoms with Gasteiger partial charge >= 0.3 is 5.97 Å². The molecule has 9 heteroatoms. The number of aliphatic carboxylic acids is 1. The second-order valence-corrected chi connectivity index (χ2v) is 7.21. The quantitative estimate of drug-likeness (QED) is 0.343. The highest BCUT2D eigenvalue weighted by Crippen LogP contribution is 2.37. The second-order valence-electron chi connectivity index (χ2n) is 7.21. The van der Waals surface area contributed by atoms with Gasteiger partial charge in [0.15, 0.2) is 0 Å². The molecule has 0 aromatic rings. The van der Waals surface area contributed by atoms with Crippen molar-refractivity contribution in [1.82, 2.24) is 10.2 Å². The van der Waals surface area contributed by atoms with Crippen LogP contribution in [-0.2, 0) is 28.7 Å². The van der Waals surface area contributed by atoms with Gasteiger partial charge in [-0.05, 0) is 18.8 Å². The number of rotatable bonds is 13. The van der Waals surface area contributed by atoms with Crippen LogP contribution in [0.5, 0.6) is 0 Å². The summed E-state index contributed by atoms with van der Waals surface area (Å²) in [6, 6.07) is 0. The van der Waals surface area contributed by atoms with Crippen molar-refractivity contribution >= 4 is 23.7 Å². The fourth-order valence-corrected chi connectivity index (χ4v) is 3.72. The summed E-state index contributed by atoms with van der Waals surface area (Å²) in [7, 11) is 0. The van der Waals surface area contributed by atoms with E-state index < -0.39 is 5.97 Å². The first-order chi connectivity index (χ1) is 13.5. The molecule has 0 spiro atoms. The molecule has 0 radical (unpaired) electrons. The summed E-state index contributed by atoms with van der Waals surface area (Å²) in [5.74, 6) is -1.29. The fourth-order valence-electron chi connectivity index (χ4n) is 3.72. The Kier molecular flexibility index (Phi) is 9.36. The molecule has 2 rings (SSSR count). The van der Waals surface area contributed by atoms with E-state index in [4.69, 9.17) is 14.6 Å². The van der Waals surface area contributed by atoms with Crippen LogP contribution in [0.15, 0.2) is 0 Å². The van der Waals surface area contributed by atoms with Crippen molar-refractivity contribution < 1.29 is 33.8 Å². The summed E-state index contributed by atoms with van der Waals surface area (Å²) in [5, 5.41) is 11.1. The van der Waals surface area contributed by atoms with Gasteiger partial charge in [-0.1, -0.05) is 12.8 Å². The van der Waals surface area contributed by atoms with Crippen molar-refractivity contribution in [1.29, 1.82) is 0 Å². The Morgan fingerprint density at radius 2 is 1.71 bits per heavy atom. The number of carboxylic acid groups (broad SMARTS) is 1. The van der Waals surface area contributed by atoms with Crippen molar-refractivity contribution in [2.24, 2.45) is 11.8 Å². The lowest BCUT2D eigenvalue weighted by Gasteiger charge is -2.17. The molecule has 0 aromatic carbocycles. The minimum atomic E-state index is -0.907. The molecule has 158 valence electrons. The number of ether oxygens (including phenoxy) is 2. The number of amides is 3. The molecular weight excluding hydrogens is 368 g/mol. The van der Waals surface area contributed by atoms with Gasteiger partial charge in [-0.3, -0.25) is 24.1 Å². The SMILES string of the molecule is O=C(O)CCOCCOCCNC(=O)CCN1C(=O)CC(C2CCCC2)C1=O. The third-order valence-electron chi connectivity index (χ3n) is 5.21. The van der Waals surface area contributed by atoms with Gasteiger partial charge in [-0.25, -0.2) is 0 Å². The van der Waals surface area contributed by atoms with Gasteiger partial charge in [0.1, 0.15) is 0 Å². The molecule has 1 saturated carbocycles. The van der Waals surface area contributed by atoms with Gasteiger partial charge in [-0.2, -0.15) is 0 Å². The van der Waals surface area contributed by atoms with Crippen molar-refractivity contribution in [3.8, 4) is 0 Å². The number of nitrogens with one attached hydrogen (secondary N) is 1. The molecule has 2 aliphatic rings. The Labute approximate surface area is 164 Å². The largest absolute Gasteiger partial charge is 0.481 e. The topological polar surface area (TPSA) is 122 Å². The zero-order valence-electron chi connectivity index (χ0n) is 16.2. The maximum absolute atomic E-state index is 12.5. The van der Waals surface area contributed by atoms with Gasteiger partial charge in [-0.15, -0.1) is 0 Å². The maximum atomic E-state index is 12.5. The number of carboxylic acids is 1. The molecule has 1 atom stereocenters. The standard InChI is InChI=1S/C19H30N2O7/c22-16(20-7-10-28-12-11-27-9-6-18(24)25)5-8-21-17(23)13-15(19(21)26)14-3-1-2-4-14/h14-15H,1-13H2,(H,20,22)(H,24,25). The van der Waals surface area contributed by atoms with Crippen molar-refractivity contribution in [2.45, 2.75) is 44.9 Å². The summed E-state index contributed by atoms with van der Waals surface area (Å²) < 4.78 is 10.3. The first kappa shape index (κ1) is 22.3. The highest BCUT2D eigenvalue weighted by molar-refractivity contribution is 6.03. The number of carbonyl (C=O) groups is 4. The van der Waals surface area contributed by atoms with Crippen LogP contribution in [0, 0.1) is 11.8 Å². The Morgan fingerprint density at radius 3 is 2.39 bits per heavy atom. The first-order valence-corrected chi connectivity index (χ1v) is 9.97. The van der Waals surface area contributed by atoms with Gasteiger partial charge in [0.2, 0.25) is 17.7 Å². The van der Waals surface area contributed by atoms with Crippen molar-refractivity contribution in [3.63, 3.8) is 0 Å². The molecule has 28 heavy (non-hydrogen) atoms. The molecule has 1 aliphatic heterocycles. The summed E-state index contributed by atoms with van der Waals surface area (Å²) in [6.07, 6.45) is 4.62. The van der Waals surface area contributed by atoms with Crippen LogP contribution in [0.3, 0.4) is 0 Å². The first-order valence-electron chi connectivity index (χ1n) is 9.97. The smallest absolute Gasteiger partial charge is 0.305 e. The van der Waals surface area contributed by atoms with Crippen LogP contribution in [0.25, 0.3) is 0 Å². The van der Waals surface area contributed by atoms with Crippen molar-refractivity contribution in [3.05, 3.63) is 0 Å². The van der Waals surface area contributed by atoms with Gasteiger partial charge in [0, 0.05) is 25.9 Å². The third-order valence-corrected chi connectivity index (χ3v) is 5.21. The Hall–Kier alpha value is -2.00.